The van der Waals surface area contributed by atoms with Crippen LogP contribution in [0.2, 0.25) is 0 Å². The minimum Gasteiger partial charge on any atom is -0.497 e. The Balaban J connectivity index is 1.59. The zero-order valence-electron chi connectivity index (χ0n) is 18.2. The van der Waals surface area contributed by atoms with Crippen molar-refractivity contribution >= 4 is 11.6 Å². The van der Waals surface area contributed by atoms with E-state index in [-0.39, 0.29) is 30.5 Å². The van der Waals surface area contributed by atoms with Crippen LogP contribution in [0.5, 0.6) is 5.75 Å². The largest absolute Gasteiger partial charge is 0.497 e. The number of aromatic nitrogens is 2. The number of ether oxygens (including phenoxy) is 1. The molecule has 1 N–H and O–H groups in total. The molecular weight excluding hydrogens is 404 g/mol. The van der Waals surface area contributed by atoms with E-state index in [2.05, 4.69) is 33.1 Å². The fourth-order valence-corrected chi connectivity index (χ4v) is 5.20. The Morgan fingerprint density at radius 3 is 2.62 bits per heavy atom. The van der Waals surface area contributed by atoms with Gasteiger partial charge in [-0.2, -0.15) is 0 Å². The van der Waals surface area contributed by atoms with Crippen molar-refractivity contribution < 1.29 is 14.6 Å². The molecular formula is C25H26N4O3. The number of carbonyl (C=O) groups excluding carboxylic acids is 1. The Bertz CT molecular complexity index is 1120. The summed E-state index contributed by atoms with van der Waals surface area (Å²) in [4.78, 5) is 25.7. The molecule has 0 unspecified atom stereocenters. The molecule has 1 saturated heterocycles. The quantitative estimate of drug-likeness (QED) is 0.685. The number of aliphatic hydroxyl groups excluding tert-OH is 1. The van der Waals surface area contributed by atoms with Gasteiger partial charge in [0.2, 0.25) is 0 Å². The number of carbonyl (C=O) groups is 1. The standard InChI is InChI=1S/C25H26N4O3/c1-28-22-8-5-17(16-3-6-18(32-2)7-4-16)13-20(22)24-19(23(28)15-30)9-12-29(24)25(31)21-14-26-10-11-27-21/h3-8,10-11,13-14,19,23-24,30H,9,12,15H2,1-2H3/t19-,23-,24-/m0/s1. The van der Waals surface area contributed by atoms with Gasteiger partial charge in [-0.05, 0) is 47.4 Å². The Morgan fingerprint density at radius 1 is 1.16 bits per heavy atom. The average molecular weight is 431 g/mol. The molecule has 0 spiro atoms. The van der Waals surface area contributed by atoms with E-state index in [1.54, 1.807) is 19.5 Å². The number of hydrogen-bond donors (Lipinski definition) is 1. The van der Waals surface area contributed by atoms with E-state index in [0.717, 1.165) is 34.5 Å². The van der Waals surface area contributed by atoms with Gasteiger partial charge in [0, 0.05) is 37.6 Å². The molecule has 7 nitrogen and oxygen atoms in total. The number of nitrogens with zero attached hydrogens (tertiary/aromatic N) is 4. The van der Waals surface area contributed by atoms with Gasteiger partial charge < -0.3 is 19.6 Å². The van der Waals surface area contributed by atoms with E-state index < -0.39 is 0 Å². The summed E-state index contributed by atoms with van der Waals surface area (Å²) in [5.41, 5.74) is 4.66. The predicted octanol–water partition coefficient (Wildman–Crippen LogP) is 3.17. The van der Waals surface area contributed by atoms with Crippen LogP contribution < -0.4 is 9.64 Å². The number of methoxy groups -OCH3 is 1. The zero-order valence-corrected chi connectivity index (χ0v) is 18.2. The van der Waals surface area contributed by atoms with E-state index in [9.17, 15) is 9.90 Å². The monoisotopic (exact) mass is 430 g/mol. The molecule has 3 heterocycles. The number of hydrogen-bond acceptors (Lipinski definition) is 6. The molecule has 2 aliphatic heterocycles. The van der Waals surface area contributed by atoms with Crippen molar-refractivity contribution in [3.05, 3.63) is 72.3 Å². The lowest BCUT2D eigenvalue weighted by Crippen LogP contribution is -2.48. The van der Waals surface area contributed by atoms with E-state index >= 15 is 0 Å². The zero-order chi connectivity index (χ0) is 22.2. The molecule has 3 aromatic rings. The summed E-state index contributed by atoms with van der Waals surface area (Å²) in [6, 6.07) is 14.2. The van der Waals surface area contributed by atoms with E-state index in [0.29, 0.717) is 12.2 Å². The summed E-state index contributed by atoms with van der Waals surface area (Å²) in [5.74, 6) is 0.839. The van der Waals surface area contributed by atoms with Crippen LogP contribution in [0.3, 0.4) is 0 Å². The van der Waals surface area contributed by atoms with Crippen molar-refractivity contribution in [3.63, 3.8) is 0 Å². The number of amides is 1. The van der Waals surface area contributed by atoms with Gasteiger partial charge in [0.05, 0.1) is 32.0 Å². The second-order valence-corrected chi connectivity index (χ2v) is 8.35. The third kappa shape index (κ3) is 3.29. The Morgan fingerprint density at radius 2 is 1.94 bits per heavy atom. The molecule has 0 bridgehead atoms. The number of likely N-dealkylation sites (tertiary alicyclic amines) is 1. The molecule has 0 radical (unpaired) electrons. The first kappa shape index (κ1) is 20.5. The maximum Gasteiger partial charge on any atom is 0.274 e. The van der Waals surface area contributed by atoms with Crippen LogP contribution in [0.15, 0.2) is 61.1 Å². The summed E-state index contributed by atoms with van der Waals surface area (Å²) >= 11 is 0. The molecule has 2 aromatic carbocycles. The van der Waals surface area contributed by atoms with E-state index in [1.165, 1.54) is 6.20 Å². The van der Waals surface area contributed by atoms with Crippen molar-refractivity contribution in [2.75, 3.05) is 32.2 Å². The summed E-state index contributed by atoms with van der Waals surface area (Å²) in [5, 5.41) is 10.2. The van der Waals surface area contributed by atoms with Crippen LogP contribution in [0.4, 0.5) is 5.69 Å². The number of anilines is 1. The molecule has 2 aliphatic rings. The summed E-state index contributed by atoms with van der Waals surface area (Å²) in [6.45, 7) is 0.672. The molecule has 164 valence electrons. The first-order valence-corrected chi connectivity index (χ1v) is 10.8. The Hall–Kier alpha value is -3.45. The lowest BCUT2D eigenvalue weighted by Gasteiger charge is -2.44. The predicted molar refractivity (Wildman–Crippen MR) is 122 cm³/mol. The topological polar surface area (TPSA) is 78.8 Å². The van der Waals surface area contributed by atoms with E-state index in [4.69, 9.17) is 4.74 Å². The summed E-state index contributed by atoms with van der Waals surface area (Å²) in [6.07, 6.45) is 5.46. The maximum atomic E-state index is 13.3. The van der Waals surface area contributed by atoms with Crippen LogP contribution in [0.25, 0.3) is 11.1 Å². The number of likely N-dealkylation sites (N-methyl/N-ethyl adjacent to an activating group) is 1. The van der Waals surface area contributed by atoms with Gasteiger partial charge in [0.25, 0.3) is 5.91 Å². The van der Waals surface area contributed by atoms with Gasteiger partial charge in [0.15, 0.2) is 0 Å². The molecule has 7 heteroatoms. The molecule has 1 aromatic heterocycles. The van der Waals surface area contributed by atoms with Gasteiger partial charge in [0.1, 0.15) is 11.4 Å². The van der Waals surface area contributed by atoms with Gasteiger partial charge in [-0.15, -0.1) is 0 Å². The molecule has 0 saturated carbocycles. The number of benzene rings is 2. The minimum atomic E-state index is -0.119. The molecule has 32 heavy (non-hydrogen) atoms. The third-order valence-electron chi connectivity index (χ3n) is 6.82. The second-order valence-electron chi connectivity index (χ2n) is 8.35. The van der Waals surface area contributed by atoms with Crippen LogP contribution >= 0.6 is 0 Å². The fraction of sp³-hybridized carbons (Fsp3) is 0.320. The molecule has 1 amide bonds. The van der Waals surface area contributed by atoms with Crippen molar-refractivity contribution in [3.8, 4) is 16.9 Å². The van der Waals surface area contributed by atoms with Crippen LogP contribution in [-0.2, 0) is 0 Å². The lowest BCUT2D eigenvalue weighted by molar-refractivity contribution is 0.0687. The highest BCUT2D eigenvalue weighted by molar-refractivity contribution is 5.93. The average Bonchev–Trinajstić information content (AvgIpc) is 3.29. The third-order valence-corrected chi connectivity index (χ3v) is 6.82. The summed E-state index contributed by atoms with van der Waals surface area (Å²) in [7, 11) is 3.68. The van der Waals surface area contributed by atoms with E-state index in [1.807, 2.05) is 36.2 Å². The van der Waals surface area contributed by atoms with Crippen LogP contribution in [-0.4, -0.2) is 59.2 Å². The molecule has 5 rings (SSSR count). The first-order valence-electron chi connectivity index (χ1n) is 10.8. The fourth-order valence-electron chi connectivity index (χ4n) is 5.20. The number of fused-ring (bicyclic) bond motifs is 3. The van der Waals surface area contributed by atoms with Crippen LogP contribution in [0, 0.1) is 5.92 Å². The van der Waals surface area contributed by atoms with Crippen molar-refractivity contribution in [2.45, 2.75) is 18.5 Å². The Kier molecular flexibility index (Phi) is 5.27. The summed E-state index contributed by atoms with van der Waals surface area (Å²) < 4.78 is 5.29. The molecule has 0 aliphatic carbocycles. The van der Waals surface area contributed by atoms with Crippen LogP contribution in [0.1, 0.15) is 28.5 Å². The minimum absolute atomic E-state index is 0.0426. The van der Waals surface area contributed by atoms with Crippen molar-refractivity contribution in [2.24, 2.45) is 5.92 Å². The Labute approximate surface area is 187 Å². The van der Waals surface area contributed by atoms with Gasteiger partial charge in [-0.3, -0.25) is 9.78 Å². The number of rotatable bonds is 4. The van der Waals surface area contributed by atoms with Crippen molar-refractivity contribution in [1.82, 2.24) is 14.9 Å². The highest BCUT2D eigenvalue weighted by atomic mass is 16.5. The molecule has 1 fully saturated rings. The maximum absolute atomic E-state index is 13.3. The van der Waals surface area contributed by atoms with Gasteiger partial charge >= 0.3 is 0 Å². The smallest absolute Gasteiger partial charge is 0.274 e. The second kappa shape index (κ2) is 8.24. The van der Waals surface area contributed by atoms with Gasteiger partial charge in [-0.1, -0.05) is 18.2 Å². The lowest BCUT2D eigenvalue weighted by atomic mass is 9.81. The highest BCUT2D eigenvalue weighted by Crippen LogP contribution is 2.49. The highest BCUT2D eigenvalue weighted by Gasteiger charge is 2.48. The molecule has 3 atom stereocenters. The van der Waals surface area contributed by atoms with Crippen molar-refractivity contribution in [1.29, 1.82) is 0 Å². The number of aliphatic hydroxyl groups is 1. The SMILES string of the molecule is COc1ccc(-c2ccc3c(c2)[C@@H]2[C@@H](CCN2C(=O)c2cnccn2)[C@H](CO)N3C)cc1. The van der Waals surface area contributed by atoms with Gasteiger partial charge in [-0.25, -0.2) is 4.98 Å². The normalized spacial score (nSPS) is 21.8. The first-order chi connectivity index (χ1) is 15.6.